The number of nitrogens with two attached hydrogens (primary N) is 2. The zero-order valence-electron chi connectivity index (χ0n) is 8.07. The van der Waals surface area contributed by atoms with Crippen LogP contribution < -0.4 is 16.2 Å². The molecule has 1 aromatic carbocycles. The van der Waals surface area contributed by atoms with Crippen molar-refractivity contribution in [1.82, 2.24) is 9.97 Å². The summed E-state index contributed by atoms with van der Waals surface area (Å²) < 4.78 is 5.09. The highest BCUT2D eigenvalue weighted by Crippen LogP contribution is 2.25. The summed E-state index contributed by atoms with van der Waals surface area (Å²) in [4.78, 5) is 17.9. The summed E-state index contributed by atoms with van der Waals surface area (Å²) in [6.07, 6.45) is 0. The smallest absolute Gasteiger partial charge is 0.248 e. The number of H-pyrrole nitrogens is 1. The maximum absolute atomic E-state index is 11.0. The number of aromatic nitrogens is 2. The number of fused-ring (bicyclic) bond motifs is 1. The van der Waals surface area contributed by atoms with Crippen LogP contribution in [0.3, 0.4) is 0 Å². The number of carbonyl (C=O) groups excluding carboxylic acids is 1. The fourth-order valence-corrected chi connectivity index (χ4v) is 1.40. The monoisotopic (exact) mass is 206 g/mol. The van der Waals surface area contributed by atoms with Crippen molar-refractivity contribution >= 4 is 22.9 Å². The van der Waals surface area contributed by atoms with E-state index in [1.165, 1.54) is 13.2 Å². The second-order valence-corrected chi connectivity index (χ2v) is 3.06. The number of ether oxygens (including phenoxy) is 1. The molecule has 1 aromatic heterocycles. The summed E-state index contributed by atoms with van der Waals surface area (Å²) in [5.41, 5.74) is 12.2. The highest BCUT2D eigenvalue weighted by Gasteiger charge is 2.11. The van der Waals surface area contributed by atoms with Gasteiger partial charge < -0.3 is 21.2 Å². The Kier molecular flexibility index (Phi) is 1.96. The van der Waals surface area contributed by atoms with E-state index in [1.807, 2.05) is 0 Å². The number of anilines is 1. The molecule has 0 aliphatic heterocycles. The lowest BCUT2D eigenvalue weighted by atomic mass is 10.2. The zero-order valence-corrected chi connectivity index (χ0v) is 8.07. The molecule has 0 aliphatic rings. The lowest BCUT2D eigenvalue weighted by Crippen LogP contribution is -2.10. The Morgan fingerprint density at radius 3 is 2.87 bits per heavy atom. The Morgan fingerprint density at radius 2 is 2.27 bits per heavy atom. The molecule has 0 fully saturated rings. The maximum Gasteiger partial charge on any atom is 0.248 e. The van der Waals surface area contributed by atoms with E-state index in [0.29, 0.717) is 22.3 Å². The van der Waals surface area contributed by atoms with Crippen LogP contribution in [0.2, 0.25) is 0 Å². The van der Waals surface area contributed by atoms with Gasteiger partial charge in [-0.25, -0.2) is 4.98 Å². The number of amides is 1. The van der Waals surface area contributed by atoms with Crippen molar-refractivity contribution in [1.29, 1.82) is 0 Å². The molecule has 1 amide bonds. The van der Waals surface area contributed by atoms with Crippen LogP contribution in [0.5, 0.6) is 5.75 Å². The van der Waals surface area contributed by atoms with Crippen LogP contribution in [0, 0.1) is 0 Å². The third kappa shape index (κ3) is 1.45. The van der Waals surface area contributed by atoms with Crippen molar-refractivity contribution in [3.8, 4) is 5.75 Å². The first-order valence-corrected chi connectivity index (χ1v) is 4.25. The molecule has 78 valence electrons. The second-order valence-electron chi connectivity index (χ2n) is 3.06. The van der Waals surface area contributed by atoms with Gasteiger partial charge in [0.15, 0.2) is 5.95 Å². The Balaban J connectivity index is 2.76. The number of hydrogen-bond donors (Lipinski definition) is 3. The van der Waals surface area contributed by atoms with Gasteiger partial charge in [-0.15, -0.1) is 0 Å². The third-order valence-electron chi connectivity index (χ3n) is 2.07. The van der Waals surface area contributed by atoms with E-state index in [1.54, 1.807) is 6.07 Å². The first-order valence-electron chi connectivity index (χ1n) is 4.25. The molecule has 1 heterocycles. The van der Waals surface area contributed by atoms with E-state index in [9.17, 15) is 4.79 Å². The number of nitrogen functional groups attached to an aromatic ring is 1. The lowest BCUT2D eigenvalue weighted by molar-refractivity contribution is 0.1000. The number of carbonyl (C=O) groups is 1. The molecule has 0 atom stereocenters. The number of aromatic amines is 1. The highest BCUT2D eigenvalue weighted by atomic mass is 16.5. The largest absolute Gasteiger partial charge is 0.494 e. The molecule has 6 heteroatoms. The molecule has 0 unspecified atom stereocenters. The molecule has 0 saturated heterocycles. The summed E-state index contributed by atoms with van der Waals surface area (Å²) in [7, 11) is 1.49. The van der Waals surface area contributed by atoms with Crippen molar-refractivity contribution < 1.29 is 9.53 Å². The molecule has 2 rings (SSSR count). The number of primary amides is 1. The van der Waals surface area contributed by atoms with Crippen LogP contribution in [0.1, 0.15) is 10.4 Å². The predicted molar refractivity (Wildman–Crippen MR) is 55.6 cm³/mol. The van der Waals surface area contributed by atoms with Crippen molar-refractivity contribution in [3.63, 3.8) is 0 Å². The quantitative estimate of drug-likeness (QED) is 0.654. The Hall–Kier alpha value is -2.24. The predicted octanol–water partition coefficient (Wildman–Crippen LogP) is 0.253. The van der Waals surface area contributed by atoms with Gasteiger partial charge in [-0.2, -0.15) is 0 Å². The van der Waals surface area contributed by atoms with Crippen molar-refractivity contribution in [2.45, 2.75) is 0 Å². The van der Waals surface area contributed by atoms with Crippen LogP contribution >= 0.6 is 0 Å². The summed E-state index contributed by atoms with van der Waals surface area (Å²) in [5.74, 6) is 0.211. The number of imidazole rings is 1. The summed E-state index contributed by atoms with van der Waals surface area (Å²) in [6, 6.07) is 3.12. The summed E-state index contributed by atoms with van der Waals surface area (Å²) >= 11 is 0. The van der Waals surface area contributed by atoms with Gasteiger partial charge in [0.1, 0.15) is 11.3 Å². The minimum absolute atomic E-state index is 0.268. The van der Waals surface area contributed by atoms with Gasteiger partial charge in [0.25, 0.3) is 0 Å². The molecule has 6 nitrogen and oxygen atoms in total. The second kappa shape index (κ2) is 3.16. The van der Waals surface area contributed by atoms with E-state index in [2.05, 4.69) is 9.97 Å². The average molecular weight is 206 g/mol. The summed E-state index contributed by atoms with van der Waals surface area (Å²) in [6.45, 7) is 0. The number of methoxy groups -OCH3 is 1. The van der Waals surface area contributed by atoms with E-state index >= 15 is 0 Å². The molecule has 5 N–H and O–H groups in total. The SMILES string of the molecule is COc1cc(C(N)=O)cc2[nH]c(N)nc12. The molecule has 0 aliphatic carbocycles. The molecular weight excluding hydrogens is 196 g/mol. The molecule has 0 saturated carbocycles. The number of rotatable bonds is 2. The van der Waals surface area contributed by atoms with Crippen LogP contribution in [0.25, 0.3) is 11.0 Å². The van der Waals surface area contributed by atoms with Gasteiger partial charge in [0.05, 0.1) is 12.6 Å². The first-order chi connectivity index (χ1) is 7.11. The molecular formula is C9H10N4O2. The molecule has 0 bridgehead atoms. The highest BCUT2D eigenvalue weighted by molar-refractivity contribution is 5.98. The van der Waals surface area contributed by atoms with Gasteiger partial charge in [-0.3, -0.25) is 4.79 Å². The summed E-state index contributed by atoms with van der Waals surface area (Å²) in [5, 5.41) is 0. The Morgan fingerprint density at radius 1 is 1.53 bits per heavy atom. The van der Waals surface area contributed by atoms with Gasteiger partial charge in [0, 0.05) is 5.56 Å². The average Bonchev–Trinajstić information content (AvgIpc) is 2.56. The first kappa shape index (κ1) is 9.32. The minimum atomic E-state index is -0.525. The molecule has 2 aromatic rings. The van der Waals surface area contributed by atoms with Crippen molar-refractivity contribution in [2.24, 2.45) is 5.73 Å². The Bertz CT molecular complexity index is 532. The standard InChI is InChI=1S/C9H10N4O2/c1-15-6-3-4(8(10)14)2-5-7(6)13-9(11)12-5/h2-3H,1H3,(H2,10,14)(H3,11,12,13). The normalized spacial score (nSPS) is 10.5. The Labute approximate surface area is 85.2 Å². The fourth-order valence-electron chi connectivity index (χ4n) is 1.40. The van der Waals surface area contributed by atoms with E-state index in [4.69, 9.17) is 16.2 Å². The lowest BCUT2D eigenvalue weighted by Gasteiger charge is -2.02. The van der Waals surface area contributed by atoms with Crippen LogP contribution in [-0.4, -0.2) is 23.0 Å². The van der Waals surface area contributed by atoms with Gasteiger partial charge in [-0.05, 0) is 12.1 Å². The van der Waals surface area contributed by atoms with E-state index in [0.717, 1.165) is 0 Å². The van der Waals surface area contributed by atoms with Crippen molar-refractivity contribution in [2.75, 3.05) is 12.8 Å². The number of benzene rings is 1. The topological polar surface area (TPSA) is 107 Å². The van der Waals surface area contributed by atoms with E-state index < -0.39 is 5.91 Å². The number of hydrogen-bond acceptors (Lipinski definition) is 4. The van der Waals surface area contributed by atoms with Crippen LogP contribution in [-0.2, 0) is 0 Å². The number of nitrogens with zero attached hydrogens (tertiary/aromatic N) is 1. The maximum atomic E-state index is 11.0. The van der Waals surface area contributed by atoms with Gasteiger partial charge in [0.2, 0.25) is 5.91 Å². The van der Waals surface area contributed by atoms with Crippen LogP contribution in [0.15, 0.2) is 12.1 Å². The molecule has 0 radical (unpaired) electrons. The number of nitrogens with one attached hydrogen (secondary N) is 1. The van der Waals surface area contributed by atoms with Gasteiger partial charge >= 0.3 is 0 Å². The third-order valence-corrected chi connectivity index (χ3v) is 2.07. The molecule has 0 spiro atoms. The minimum Gasteiger partial charge on any atom is -0.494 e. The van der Waals surface area contributed by atoms with Crippen LogP contribution in [0.4, 0.5) is 5.95 Å². The fraction of sp³-hybridized carbons (Fsp3) is 0.111. The van der Waals surface area contributed by atoms with Crippen molar-refractivity contribution in [3.05, 3.63) is 17.7 Å². The van der Waals surface area contributed by atoms with Gasteiger partial charge in [-0.1, -0.05) is 0 Å². The molecule has 15 heavy (non-hydrogen) atoms. The van der Waals surface area contributed by atoms with E-state index in [-0.39, 0.29) is 5.95 Å². The zero-order chi connectivity index (χ0) is 11.0.